The Morgan fingerprint density at radius 3 is 2.75 bits per heavy atom. The number of pyridine rings is 1. The molecule has 2 fully saturated rings. The molecular formula is C18H27N3O2S. The molecule has 3 rings (SSSR count). The van der Waals surface area contributed by atoms with Gasteiger partial charge in [0.15, 0.2) is 0 Å². The average Bonchev–Trinajstić information content (AvgIpc) is 3.09. The van der Waals surface area contributed by atoms with Gasteiger partial charge >= 0.3 is 0 Å². The number of aromatic nitrogens is 1. The van der Waals surface area contributed by atoms with E-state index in [1.54, 1.807) is 6.20 Å². The summed E-state index contributed by atoms with van der Waals surface area (Å²) in [6.45, 7) is 4.02. The van der Waals surface area contributed by atoms with E-state index in [0.717, 1.165) is 37.8 Å². The maximum atomic E-state index is 12.4. The molecule has 1 unspecified atom stereocenters. The summed E-state index contributed by atoms with van der Waals surface area (Å²) in [5.41, 5.74) is 0.778. The van der Waals surface area contributed by atoms with Crippen LogP contribution in [0.3, 0.4) is 0 Å². The van der Waals surface area contributed by atoms with Crippen LogP contribution in [0.1, 0.15) is 44.7 Å². The molecule has 5 nitrogen and oxygen atoms in total. The SMILES string of the molecule is CCCS(=O)N1CC(CNC(=O)C2CCCC2)(c2ccccn2)C1. The third-order valence-corrected chi connectivity index (χ3v) is 6.75. The number of nitrogens with one attached hydrogen (secondary N) is 1. The minimum atomic E-state index is -0.922. The molecule has 1 saturated heterocycles. The molecule has 2 aliphatic rings. The largest absolute Gasteiger partial charge is 0.355 e. The van der Waals surface area contributed by atoms with E-state index in [-0.39, 0.29) is 17.2 Å². The van der Waals surface area contributed by atoms with Crippen molar-refractivity contribution in [2.24, 2.45) is 5.92 Å². The van der Waals surface area contributed by atoms with Gasteiger partial charge in [0.25, 0.3) is 0 Å². The number of carbonyl (C=O) groups excluding carboxylic acids is 1. The Kier molecular flexibility index (Phi) is 5.66. The number of carbonyl (C=O) groups is 1. The molecule has 132 valence electrons. The first-order chi connectivity index (χ1) is 11.6. The minimum absolute atomic E-state index is 0.177. The first-order valence-corrected chi connectivity index (χ1v) is 10.2. The van der Waals surface area contributed by atoms with Gasteiger partial charge < -0.3 is 5.32 Å². The molecule has 0 radical (unpaired) electrons. The van der Waals surface area contributed by atoms with E-state index in [1.165, 1.54) is 0 Å². The Morgan fingerprint density at radius 2 is 2.12 bits per heavy atom. The van der Waals surface area contributed by atoms with Gasteiger partial charge in [0, 0.05) is 37.5 Å². The van der Waals surface area contributed by atoms with E-state index < -0.39 is 11.0 Å². The molecule has 1 atom stereocenters. The van der Waals surface area contributed by atoms with E-state index in [2.05, 4.69) is 10.3 Å². The van der Waals surface area contributed by atoms with Crippen molar-refractivity contribution in [1.82, 2.24) is 14.6 Å². The van der Waals surface area contributed by atoms with E-state index in [9.17, 15) is 9.00 Å². The minimum Gasteiger partial charge on any atom is -0.355 e. The monoisotopic (exact) mass is 349 g/mol. The van der Waals surface area contributed by atoms with Crippen LogP contribution in [-0.2, 0) is 21.2 Å². The lowest BCUT2D eigenvalue weighted by molar-refractivity contribution is -0.125. The third-order valence-electron chi connectivity index (χ3n) is 5.16. The highest BCUT2D eigenvalue weighted by atomic mass is 32.2. The molecule has 1 amide bonds. The average molecular weight is 350 g/mol. The van der Waals surface area contributed by atoms with Crippen molar-refractivity contribution >= 4 is 16.9 Å². The topological polar surface area (TPSA) is 62.3 Å². The molecule has 1 aromatic heterocycles. The van der Waals surface area contributed by atoms with Gasteiger partial charge in [-0.25, -0.2) is 8.51 Å². The summed E-state index contributed by atoms with van der Waals surface area (Å²) in [7, 11) is -0.922. The second-order valence-corrected chi connectivity index (χ2v) is 8.59. The highest BCUT2D eigenvalue weighted by Crippen LogP contribution is 2.34. The van der Waals surface area contributed by atoms with Crippen LogP contribution in [0.15, 0.2) is 24.4 Å². The lowest BCUT2D eigenvalue weighted by atomic mass is 9.78. The molecule has 0 spiro atoms. The Morgan fingerprint density at radius 1 is 1.38 bits per heavy atom. The maximum absolute atomic E-state index is 12.4. The fourth-order valence-corrected chi connectivity index (χ4v) is 5.10. The van der Waals surface area contributed by atoms with Crippen LogP contribution in [0.5, 0.6) is 0 Å². The van der Waals surface area contributed by atoms with Crippen LogP contribution in [0.2, 0.25) is 0 Å². The summed E-state index contributed by atoms with van der Waals surface area (Å²) in [4.78, 5) is 16.9. The first-order valence-electron chi connectivity index (χ1n) is 8.97. The smallest absolute Gasteiger partial charge is 0.223 e. The summed E-state index contributed by atoms with van der Waals surface area (Å²) in [5.74, 6) is 1.05. The lowest BCUT2D eigenvalue weighted by Gasteiger charge is -2.48. The molecule has 0 aromatic carbocycles. The van der Waals surface area contributed by atoms with Crippen molar-refractivity contribution in [2.75, 3.05) is 25.4 Å². The van der Waals surface area contributed by atoms with Crippen molar-refractivity contribution < 1.29 is 9.00 Å². The number of rotatable bonds is 7. The van der Waals surface area contributed by atoms with Crippen LogP contribution < -0.4 is 5.32 Å². The van der Waals surface area contributed by atoms with Crippen molar-refractivity contribution in [3.63, 3.8) is 0 Å². The van der Waals surface area contributed by atoms with Crippen molar-refractivity contribution in [3.8, 4) is 0 Å². The van der Waals surface area contributed by atoms with Gasteiger partial charge in [0.1, 0.15) is 0 Å². The standard InChI is InChI=1S/C18H27N3O2S/c1-2-11-24(23)21-13-18(14-21,16-9-5-6-10-19-16)12-20-17(22)15-7-3-4-8-15/h5-6,9-10,15H,2-4,7-8,11-14H2,1H3,(H,20,22). The van der Waals surface area contributed by atoms with Crippen LogP contribution in [0.25, 0.3) is 0 Å². The molecule has 1 N–H and O–H groups in total. The van der Waals surface area contributed by atoms with Crippen molar-refractivity contribution in [2.45, 2.75) is 44.4 Å². The molecule has 1 aliphatic heterocycles. The number of hydrogen-bond donors (Lipinski definition) is 1. The summed E-state index contributed by atoms with van der Waals surface area (Å²) in [5, 5.41) is 3.15. The normalized spacial score (nSPS) is 22.0. The zero-order chi connectivity index (χ0) is 17.0. The number of hydrogen-bond acceptors (Lipinski definition) is 3. The van der Waals surface area contributed by atoms with Crippen LogP contribution >= 0.6 is 0 Å². The molecule has 1 aromatic rings. The Hall–Kier alpha value is -1.27. The molecule has 1 aliphatic carbocycles. The van der Waals surface area contributed by atoms with Crippen molar-refractivity contribution in [3.05, 3.63) is 30.1 Å². The second-order valence-electron chi connectivity index (χ2n) is 7.02. The summed E-state index contributed by atoms with van der Waals surface area (Å²) < 4.78 is 14.2. The van der Waals surface area contributed by atoms with Gasteiger partial charge in [-0.3, -0.25) is 9.78 Å². The molecule has 0 bridgehead atoms. The molecule has 6 heteroatoms. The Labute approximate surface area is 146 Å². The zero-order valence-corrected chi connectivity index (χ0v) is 15.2. The van der Waals surface area contributed by atoms with E-state index in [1.807, 2.05) is 29.4 Å². The summed E-state index contributed by atoms with van der Waals surface area (Å²) in [6.07, 6.45) is 7.05. The van der Waals surface area contributed by atoms with Crippen molar-refractivity contribution in [1.29, 1.82) is 0 Å². The fourth-order valence-electron chi connectivity index (χ4n) is 3.71. The molecule has 1 saturated carbocycles. The van der Waals surface area contributed by atoms with E-state index in [4.69, 9.17) is 0 Å². The third kappa shape index (κ3) is 3.70. The van der Waals surface area contributed by atoms with Crippen LogP contribution in [0, 0.1) is 5.92 Å². The lowest BCUT2D eigenvalue weighted by Crippen LogP contribution is -2.64. The van der Waals surface area contributed by atoms with E-state index >= 15 is 0 Å². The second kappa shape index (κ2) is 7.74. The molecular weight excluding hydrogens is 322 g/mol. The van der Waals surface area contributed by atoms with Gasteiger partial charge in [0.05, 0.1) is 22.1 Å². The van der Waals surface area contributed by atoms with Gasteiger partial charge in [0.2, 0.25) is 5.91 Å². The predicted octanol–water partition coefficient (Wildman–Crippen LogP) is 2.02. The molecule has 2 heterocycles. The van der Waals surface area contributed by atoms with Crippen LogP contribution in [0.4, 0.5) is 0 Å². The zero-order valence-electron chi connectivity index (χ0n) is 14.4. The van der Waals surface area contributed by atoms with Gasteiger partial charge in [-0.1, -0.05) is 25.8 Å². The van der Waals surface area contributed by atoms with Crippen LogP contribution in [-0.4, -0.2) is 44.8 Å². The predicted molar refractivity (Wildman–Crippen MR) is 95.8 cm³/mol. The summed E-state index contributed by atoms with van der Waals surface area (Å²) >= 11 is 0. The maximum Gasteiger partial charge on any atom is 0.223 e. The Bertz CT molecular complexity index is 581. The fraction of sp³-hybridized carbons (Fsp3) is 0.667. The van der Waals surface area contributed by atoms with Gasteiger partial charge in [-0.2, -0.15) is 0 Å². The first kappa shape index (κ1) is 17.5. The molecule has 24 heavy (non-hydrogen) atoms. The van der Waals surface area contributed by atoms with Gasteiger partial charge in [-0.05, 0) is 31.4 Å². The summed E-state index contributed by atoms with van der Waals surface area (Å²) in [6, 6.07) is 5.90. The number of nitrogens with zero attached hydrogens (tertiary/aromatic N) is 2. The number of amides is 1. The Balaban J connectivity index is 1.66. The highest BCUT2D eigenvalue weighted by Gasteiger charge is 2.47. The van der Waals surface area contributed by atoms with E-state index in [0.29, 0.717) is 25.4 Å². The highest BCUT2D eigenvalue weighted by molar-refractivity contribution is 7.82. The quantitative estimate of drug-likeness (QED) is 0.819. The van der Waals surface area contributed by atoms with Gasteiger partial charge in [-0.15, -0.1) is 0 Å².